The maximum Gasteiger partial charge on any atom is -0.0269 e. The normalized spacial score (nSPS) is 42.6. The van der Waals surface area contributed by atoms with Gasteiger partial charge >= 0.3 is 0 Å². The van der Waals surface area contributed by atoms with Crippen molar-refractivity contribution in [1.82, 2.24) is 0 Å². The molecule has 2 rings (SSSR count). The third-order valence-electron chi connectivity index (χ3n) is 3.90. The Hall–Kier alpha value is 0. The van der Waals surface area contributed by atoms with Gasteiger partial charge in [0.1, 0.15) is 0 Å². The highest BCUT2D eigenvalue weighted by Crippen LogP contribution is 2.63. The average Bonchev–Trinajstić information content (AvgIpc) is 2.60. The molecule has 0 aromatic heterocycles. The summed E-state index contributed by atoms with van der Waals surface area (Å²) in [6, 6.07) is 0. The average molecular weight is 138 g/mol. The Morgan fingerprint density at radius 1 is 1.40 bits per heavy atom. The van der Waals surface area contributed by atoms with Crippen LogP contribution in [0.5, 0.6) is 0 Å². The van der Waals surface area contributed by atoms with Crippen LogP contribution in [-0.2, 0) is 0 Å². The van der Waals surface area contributed by atoms with Crippen molar-refractivity contribution >= 4 is 0 Å². The molecule has 2 atom stereocenters. The molecule has 10 heavy (non-hydrogen) atoms. The predicted octanol–water partition coefficient (Wildman–Crippen LogP) is 3.22. The van der Waals surface area contributed by atoms with Crippen LogP contribution in [0.1, 0.15) is 46.0 Å². The molecule has 0 N–H and O–H groups in total. The zero-order chi connectivity index (χ0) is 7.19. The van der Waals surface area contributed by atoms with Crippen LogP contribution >= 0.6 is 0 Å². The number of rotatable bonds is 1. The van der Waals surface area contributed by atoms with Gasteiger partial charge in [0.05, 0.1) is 0 Å². The van der Waals surface area contributed by atoms with Gasteiger partial charge in [0.25, 0.3) is 0 Å². The molecule has 1 spiro atoms. The first kappa shape index (κ1) is 6.69. The summed E-state index contributed by atoms with van der Waals surface area (Å²) in [7, 11) is 0. The Bertz CT molecular complexity index is 133. The Labute approximate surface area is 64.0 Å². The fourth-order valence-corrected chi connectivity index (χ4v) is 2.78. The van der Waals surface area contributed by atoms with Crippen molar-refractivity contribution in [2.75, 3.05) is 0 Å². The van der Waals surface area contributed by atoms with Gasteiger partial charge in [0, 0.05) is 0 Å². The summed E-state index contributed by atoms with van der Waals surface area (Å²) in [6.45, 7) is 4.81. The van der Waals surface area contributed by atoms with E-state index in [9.17, 15) is 0 Å². The molecule has 0 bridgehead atoms. The minimum absolute atomic E-state index is 0.876. The van der Waals surface area contributed by atoms with Crippen LogP contribution < -0.4 is 0 Å². The Kier molecular flexibility index (Phi) is 1.33. The highest BCUT2D eigenvalue weighted by atomic mass is 14.6. The predicted molar refractivity (Wildman–Crippen MR) is 43.8 cm³/mol. The van der Waals surface area contributed by atoms with E-state index in [-0.39, 0.29) is 0 Å². The van der Waals surface area contributed by atoms with Gasteiger partial charge in [0.15, 0.2) is 0 Å². The Morgan fingerprint density at radius 2 is 2.10 bits per heavy atom. The third-order valence-corrected chi connectivity index (χ3v) is 3.90. The fourth-order valence-electron chi connectivity index (χ4n) is 2.78. The first-order valence-electron chi connectivity index (χ1n) is 4.77. The van der Waals surface area contributed by atoms with Crippen molar-refractivity contribution in [2.45, 2.75) is 46.0 Å². The van der Waals surface area contributed by atoms with Gasteiger partial charge in [-0.15, -0.1) is 0 Å². The van der Waals surface area contributed by atoms with Gasteiger partial charge < -0.3 is 0 Å². The van der Waals surface area contributed by atoms with Crippen molar-refractivity contribution < 1.29 is 0 Å². The summed E-state index contributed by atoms with van der Waals surface area (Å²) in [4.78, 5) is 0. The molecule has 0 radical (unpaired) electrons. The van der Waals surface area contributed by atoms with Crippen molar-refractivity contribution in [2.24, 2.45) is 17.3 Å². The molecule has 58 valence electrons. The second-order valence-corrected chi connectivity index (χ2v) is 4.48. The summed E-state index contributed by atoms with van der Waals surface area (Å²) < 4.78 is 0. The first-order valence-corrected chi connectivity index (χ1v) is 4.77. The van der Waals surface area contributed by atoms with Gasteiger partial charge in [-0.2, -0.15) is 0 Å². The zero-order valence-electron chi connectivity index (χ0n) is 7.19. The van der Waals surface area contributed by atoms with E-state index in [1.807, 2.05) is 0 Å². The van der Waals surface area contributed by atoms with Gasteiger partial charge in [-0.25, -0.2) is 0 Å². The lowest BCUT2D eigenvalue weighted by molar-refractivity contribution is 0.395. The van der Waals surface area contributed by atoms with Crippen molar-refractivity contribution in [1.29, 1.82) is 0 Å². The third kappa shape index (κ3) is 0.810. The summed E-state index contributed by atoms with van der Waals surface area (Å²) in [5.41, 5.74) is 0.876. The highest BCUT2D eigenvalue weighted by molar-refractivity contribution is 5.02. The molecule has 0 aliphatic heterocycles. The maximum absolute atomic E-state index is 2.46. The summed E-state index contributed by atoms with van der Waals surface area (Å²) in [5, 5.41) is 0. The molecular weight excluding hydrogens is 120 g/mol. The molecule has 2 fully saturated rings. The van der Waals surface area contributed by atoms with E-state index in [2.05, 4.69) is 13.8 Å². The van der Waals surface area contributed by atoms with Crippen LogP contribution in [-0.4, -0.2) is 0 Å². The molecule has 0 saturated heterocycles. The second-order valence-electron chi connectivity index (χ2n) is 4.48. The van der Waals surface area contributed by atoms with Crippen LogP contribution in [0, 0.1) is 17.3 Å². The molecule has 2 aliphatic carbocycles. The van der Waals surface area contributed by atoms with E-state index in [0.717, 1.165) is 17.3 Å². The van der Waals surface area contributed by atoms with Crippen molar-refractivity contribution in [3.63, 3.8) is 0 Å². The Balaban J connectivity index is 2.01. The van der Waals surface area contributed by atoms with Gasteiger partial charge in [0.2, 0.25) is 0 Å². The minimum Gasteiger partial charge on any atom is -0.0651 e. The van der Waals surface area contributed by atoms with Crippen LogP contribution in [0.15, 0.2) is 0 Å². The van der Waals surface area contributed by atoms with Crippen LogP contribution in [0.25, 0.3) is 0 Å². The van der Waals surface area contributed by atoms with Gasteiger partial charge in [-0.3, -0.25) is 0 Å². The van der Waals surface area contributed by atoms with Crippen molar-refractivity contribution in [3.05, 3.63) is 0 Å². The van der Waals surface area contributed by atoms with Gasteiger partial charge in [-0.05, 0) is 42.9 Å². The van der Waals surface area contributed by atoms with E-state index in [4.69, 9.17) is 0 Å². The van der Waals surface area contributed by atoms with E-state index in [1.54, 1.807) is 19.3 Å². The van der Waals surface area contributed by atoms with E-state index in [0.29, 0.717) is 0 Å². The summed E-state index contributed by atoms with van der Waals surface area (Å²) in [5.74, 6) is 2.13. The lowest BCUT2D eigenvalue weighted by atomic mass is 9.95. The standard InChI is InChI=1S/C10H18/c1-3-9-6-8(2)10(7-9)4-5-10/h8-9H,3-7H2,1-2H3. The maximum atomic E-state index is 2.46. The molecule has 0 nitrogen and oxygen atoms in total. The second kappa shape index (κ2) is 1.99. The SMILES string of the molecule is CCC1CC(C)C2(CC2)C1. The lowest BCUT2D eigenvalue weighted by Crippen LogP contribution is -2.02. The van der Waals surface area contributed by atoms with E-state index in [1.165, 1.54) is 12.8 Å². The molecular formula is C10H18. The zero-order valence-corrected chi connectivity index (χ0v) is 7.19. The number of hydrogen-bond acceptors (Lipinski definition) is 0. The molecule has 2 saturated carbocycles. The first-order chi connectivity index (χ1) is 4.77. The molecule has 0 amide bonds. The fraction of sp³-hybridized carbons (Fsp3) is 1.00. The van der Waals surface area contributed by atoms with Gasteiger partial charge in [-0.1, -0.05) is 20.3 Å². The smallest absolute Gasteiger partial charge is 0.0269 e. The Morgan fingerprint density at radius 3 is 2.40 bits per heavy atom. The quantitative estimate of drug-likeness (QED) is 0.522. The van der Waals surface area contributed by atoms with E-state index < -0.39 is 0 Å². The molecule has 0 aromatic carbocycles. The van der Waals surface area contributed by atoms with Crippen LogP contribution in [0.3, 0.4) is 0 Å². The van der Waals surface area contributed by atoms with Crippen LogP contribution in [0.4, 0.5) is 0 Å². The molecule has 0 heteroatoms. The highest BCUT2D eigenvalue weighted by Gasteiger charge is 2.52. The summed E-state index contributed by atoms with van der Waals surface area (Å²) in [6.07, 6.45) is 7.60. The molecule has 0 aromatic rings. The van der Waals surface area contributed by atoms with E-state index >= 15 is 0 Å². The number of hydrogen-bond donors (Lipinski definition) is 0. The monoisotopic (exact) mass is 138 g/mol. The molecule has 2 unspecified atom stereocenters. The molecule has 0 heterocycles. The molecule has 2 aliphatic rings. The van der Waals surface area contributed by atoms with Crippen LogP contribution in [0.2, 0.25) is 0 Å². The summed E-state index contributed by atoms with van der Waals surface area (Å²) >= 11 is 0. The minimum atomic E-state index is 0.876. The van der Waals surface area contributed by atoms with Crippen molar-refractivity contribution in [3.8, 4) is 0 Å². The largest absolute Gasteiger partial charge is 0.0651 e. The lowest BCUT2D eigenvalue weighted by Gasteiger charge is -2.10. The topological polar surface area (TPSA) is 0 Å².